The number of thiophene rings is 1. The molecular weight excluding hydrogens is 276 g/mol. The van der Waals surface area contributed by atoms with Gasteiger partial charge < -0.3 is 15.8 Å². The van der Waals surface area contributed by atoms with E-state index in [0.29, 0.717) is 16.3 Å². The Kier molecular flexibility index (Phi) is 4.37. The van der Waals surface area contributed by atoms with Gasteiger partial charge in [0.15, 0.2) is 6.61 Å². The molecular formula is C14H14N2O3S. The number of rotatable bonds is 4. The number of hydrogen-bond acceptors (Lipinski definition) is 5. The number of para-hydroxylation sites is 1. The maximum Gasteiger partial charge on any atom is 0.350 e. The Balaban J connectivity index is 1.89. The van der Waals surface area contributed by atoms with Gasteiger partial charge in [-0.3, -0.25) is 4.79 Å². The van der Waals surface area contributed by atoms with Crippen molar-refractivity contribution in [2.45, 2.75) is 6.92 Å². The molecule has 0 atom stereocenters. The number of amides is 1. The molecule has 6 heteroatoms. The number of anilines is 2. The van der Waals surface area contributed by atoms with E-state index in [1.165, 1.54) is 11.3 Å². The largest absolute Gasteiger partial charge is 0.451 e. The minimum atomic E-state index is -0.586. The first-order valence-corrected chi connectivity index (χ1v) is 6.81. The van der Waals surface area contributed by atoms with Gasteiger partial charge >= 0.3 is 5.97 Å². The summed E-state index contributed by atoms with van der Waals surface area (Å²) in [7, 11) is 0. The fourth-order valence-electron chi connectivity index (χ4n) is 1.58. The van der Waals surface area contributed by atoms with Crippen LogP contribution in [0.5, 0.6) is 0 Å². The summed E-state index contributed by atoms with van der Waals surface area (Å²) in [4.78, 5) is 23.7. The quantitative estimate of drug-likeness (QED) is 0.847. The predicted octanol–water partition coefficient (Wildman–Crippen LogP) is 2.43. The lowest BCUT2D eigenvalue weighted by Crippen LogP contribution is -2.21. The maximum atomic E-state index is 11.7. The fourth-order valence-corrected chi connectivity index (χ4v) is 2.29. The third-order valence-electron chi connectivity index (χ3n) is 2.63. The van der Waals surface area contributed by atoms with Crippen molar-refractivity contribution in [3.8, 4) is 0 Å². The number of hydrogen-bond donors (Lipinski definition) is 2. The zero-order valence-electron chi connectivity index (χ0n) is 10.9. The van der Waals surface area contributed by atoms with Crippen molar-refractivity contribution in [3.63, 3.8) is 0 Å². The number of ether oxygens (including phenoxy) is 1. The smallest absolute Gasteiger partial charge is 0.350 e. The molecule has 1 amide bonds. The van der Waals surface area contributed by atoms with E-state index in [-0.39, 0.29) is 12.5 Å². The molecule has 0 saturated heterocycles. The number of benzene rings is 1. The van der Waals surface area contributed by atoms with Crippen molar-refractivity contribution in [1.82, 2.24) is 0 Å². The molecule has 0 radical (unpaired) electrons. The van der Waals surface area contributed by atoms with E-state index in [1.807, 2.05) is 25.1 Å². The topological polar surface area (TPSA) is 81.4 Å². The van der Waals surface area contributed by atoms with E-state index in [4.69, 9.17) is 10.5 Å². The second-order valence-corrected chi connectivity index (χ2v) is 5.06. The first kappa shape index (κ1) is 14.1. The molecule has 3 N–H and O–H groups in total. The summed E-state index contributed by atoms with van der Waals surface area (Å²) in [6.07, 6.45) is 0. The van der Waals surface area contributed by atoms with Crippen LogP contribution in [0.15, 0.2) is 35.7 Å². The summed E-state index contributed by atoms with van der Waals surface area (Å²) in [5.74, 6) is -0.972. The van der Waals surface area contributed by atoms with E-state index in [9.17, 15) is 9.59 Å². The summed E-state index contributed by atoms with van der Waals surface area (Å²) in [6.45, 7) is 1.54. The lowest BCUT2D eigenvalue weighted by Gasteiger charge is -2.08. The zero-order valence-corrected chi connectivity index (χ0v) is 11.7. The minimum Gasteiger partial charge on any atom is -0.451 e. The van der Waals surface area contributed by atoms with Gasteiger partial charge in [-0.15, -0.1) is 11.3 Å². The molecule has 1 heterocycles. The Morgan fingerprint density at radius 2 is 2.05 bits per heavy atom. The van der Waals surface area contributed by atoms with Gasteiger partial charge in [-0.05, 0) is 30.0 Å². The zero-order chi connectivity index (χ0) is 14.5. The molecule has 5 nitrogen and oxygen atoms in total. The van der Waals surface area contributed by atoms with Crippen LogP contribution < -0.4 is 11.1 Å². The summed E-state index contributed by atoms with van der Waals surface area (Å²) in [5, 5.41) is 4.38. The van der Waals surface area contributed by atoms with Gasteiger partial charge in [0, 0.05) is 5.69 Å². The van der Waals surface area contributed by atoms with Crippen LogP contribution in [0.1, 0.15) is 15.2 Å². The molecule has 0 saturated carbocycles. The van der Waals surface area contributed by atoms with E-state index in [2.05, 4.69) is 5.32 Å². The monoisotopic (exact) mass is 290 g/mol. The van der Waals surface area contributed by atoms with E-state index >= 15 is 0 Å². The Bertz CT molecular complexity index is 637. The predicted molar refractivity (Wildman–Crippen MR) is 78.8 cm³/mol. The minimum absolute atomic E-state index is 0.314. The van der Waals surface area contributed by atoms with Crippen LogP contribution in [0, 0.1) is 6.92 Å². The summed E-state index contributed by atoms with van der Waals surface area (Å²) in [5.41, 5.74) is 7.60. The molecule has 0 aliphatic heterocycles. The second kappa shape index (κ2) is 6.21. The number of carbonyl (C=O) groups is 2. The molecule has 1 aromatic heterocycles. The molecule has 0 unspecified atom stereocenters. The van der Waals surface area contributed by atoms with E-state index in [1.54, 1.807) is 17.5 Å². The molecule has 0 spiro atoms. The van der Waals surface area contributed by atoms with Gasteiger partial charge in [-0.25, -0.2) is 4.79 Å². The maximum absolute atomic E-state index is 11.7. The first-order valence-electron chi connectivity index (χ1n) is 5.93. The lowest BCUT2D eigenvalue weighted by molar-refractivity contribution is -0.119. The van der Waals surface area contributed by atoms with Crippen LogP contribution in [-0.2, 0) is 9.53 Å². The summed E-state index contributed by atoms with van der Waals surface area (Å²) in [6, 6.07) is 8.99. The highest BCUT2D eigenvalue weighted by molar-refractivity contribution is 7.12. The van der Waals surface area contributed by atoms with E-state index < -0.39 is 5.97 Å². The SMILES string of the molecule is Cc1ccccc1NC(=O)COC(=O)c1sccc1N. The molecule has 2 aromatic rings. The van der Waals surface area contributed by atoms with Crippen molar-refractivity contribution >= 4 is 34.6 Å². The molecule has 0 aliphatic carbocycles. The third kappa shape index (κ3) is 3.36. The molecule has 0 aliphatic rings. The van der Waals surface area contributed by atoms with Crippen LogP contribution in [-0.4, -0.2) is 18.5 Å². The van der Waals surface area contributed by atoms with Crippen LogP contribution in [0.2, 0.25) is 0 Å². The lowest BCUT2D eigenvalue weighted by atomic mass is 10.2. The van der Waals surface area contributed by atoms with Crippen molar-refractivity contribution in [1.29, 1.82) is 0 Å². The van der Waals surface area contributed by atoms with Crippen molar-refractivity contribution in [3.05, 3.63) is 46.2 Å². The van der Waals surface area contributed by atoms with Crippen LogP contribution in [0.25, 0.3) is 0 Å². The normalized spacial score (nSPS) is 10.1. The highest BCUT2D eigenvalue weighted by Gasteiger charge is 2.14. The number of nitrogens with one attached hydrogen (secondary N) is 1. The number of nitrogens with two attached hydrogens (primary N) is 1. The van der Waals surface area contributed by atoms with Crippen LogP contribution >= 0.6 is 11.3 Å². The van der Waals surface area contributed by atoms with Crippen molar-refractivity contribution < 1.29 is 14.3 Å². The average Bonchev–Trinajstić information content (AvgIpc) is 2.85. The third-order valence-corrected chi connectivity index (χ3v) is 3.54. The highest BCUT2D eigenvalue weighted by atomic mass is 32.1. The Labute approximate surface area is 120 Å². The molecule has 2 rings (SSSR count). The number of carbonyl (C=O) groups excluding carboxylic acids is 2. The molecule has 0 bridgehead atoms. The first-order chi connectivity index (χ1) is 9.58. The average molecular weight is 290 g/mol. The number of aryl methyl sites for hydroxylation is 1. The molecule has 20 heavy (non-hydrogen) atoms. The van der Waals surface area contributed by atoms with Gasteiger partial charge in [0.25, 0.3) is 5.91 Å². The summed E-state index contributed by atoms with van der Waals surface area (Å²) >= 11 is 1.18. The van der Waals surface area contributed by atoms with Crippen molar-refractivity contribution in [2.24, 2.45) is 0 Å². The number of esters is 1. The van der Waals surface area contributed by atoms with Gasteiger partial charge in [-0.1, -0.05) is 18.2 Å². The molecule has 1 aromatic carbocycles. The van der Waals surface area contributed by atoms with Crippen molar-refractivity contribution in [2.75, 3.05) is 17.7 Å². The Morgan fingerprint density at radius 3 is 2.70 bits per heavy atom. The number of nitrogen functional groups attached to an aromatic ring is 1. The van der Waals surface area contributed by atoms with Gasteiger partial charge in [0.05, 0.1) is 5.69 Å². The Morgan fingerprint density at radius 1 is 1.30 bits per heavy atom. The molecule has 0 fully saturated rings. The Hall–Kier alpha value is -2.34. The van der Waals surface area contributed by atoms with Gasteiger partial charge in [0.1, 0.15) is 4.88 Å². The highest BCUT2D eigenvalue weighted by Crippen LogP contribution is 2.19. The standard InChI is InChI=1S/C14H14N2O3S/c1-9-4-2-3-5-11(9)16-12(17)8-19-14(18)13-10(15)6-7-20-13/h2-7H,8,15H2,1H3,(H,16,17). The van der Waals surface area contributed by atoms with Crippen LogP contribution in [0.4, 0.5) is 11.4 Å². The van der Waals surface area contributed by atoms with E-state index in [0.717, 1.165) is 5.56 Å². The van der Waals surface area contributed by atoms with Gasteiger partial charge in [-0.2, -0.15) is 0 Å². The van der Waals surface area contributed by atoms with Gasteiger partial charge in [0.2, 0.25) is 0 Å². The van der Waals surface area contributed by atoms with Crippen LogP contribution in [0.3, 0.4) is 0 Å². The summed E-state index contributed by atoms with van der Waals surface area (Å²) < 4.78 is 4.92. The second-order valence-electron chi connectivity index (χ2n) is 4.14. The molecule has 104 valence electrons. The fraction of sp³-hybridized carbons (Fsp3) is 0.143.